The fourth-order valence-corrected chi connectivity index (χ4v) is 1.90. The number of amides is 1. The van der Waals surface area contributed by atoms with Crippen molar-refractivity contribution in [2.24, 2.45) is 5.73 Å². The third-order valence-electron chi connectivity index (χ3n) is 3.20. The summed E-state index contributed by atoms with van der Waals surface area (Å²) in [6.45, 7) is 2.49. The summed E-state index contributed by atoms with van der Waals surface area (Å²) in [7, 11) is 6.31. The van der Waals surface area contributed by atoms with Crippen LogP contribution in [0.15, 0.2) is 12.1 Å². The van der Waals surface area contributed by atoms with Crippen molar-refractivity contribution in [3.05, 3.63) is 17.7 Å². The quantitative estimate of drug-likeness (QED) is 0.826. The van der Waals surface area contributed by atoms with Gasteiger partial charge in [0.05, 0.1) is 26.9 Å². The van der Waals surface area contributed by atoms with E-state index in [4.69, 9.17) is 19.9 Å². The van der Waals surface area contributed by atoms with Crippen molar-refractivity contribution in [1.82, 2.24) is 4.90 Å². The highest BCUT2D eigenvalue weighted by Gasteiger charge is 2.20. The number of benzene rings is 1. The van der Waals surface area contributed by atoms with Gasteiger partial charge >= 0.3 is 0 Å². The van der Waals surface area contributed by atoms with Gasteiger partial charge in [-0.15, -0.1) is 0 Å². The summed E-state index contributed by atoms with van der Waals surface area (Å²) in [5.41, 5.74) is 6.15. The minimum Gasteiger partial charge on any atom is -0.496 e. The fourth-order valence-electron chi connectivity index (χ4n) is 1.90. The Balaban J connectivity index is 3.07. The summed E-state index contributed by atoms with van der Waals surface area (Å²) >= 11 is 0. The second-order valence-electron chi connectivity index (χ2n) is 4.90. The van der Waals surface area contributed by atoms with Gasteiger partial charge < -0.3 is 24.8 Å². The van der Waals surface area contributed by atoms with E-state index in [1.807, 2.05) is 6.92 Å². The number of nitrogens with two attached hydrogens (primary N) is 1. The van der Waals surface area contributed by atoms with E-state index < -0.39 is 0 Å². The summed E-state index contributed by atoms with van der Waals surface area (Å²) in [5, 5.41) is 0. The van der Waals surface area contributed by atoms with Crippen LogP contribution in [0.25, 0.3) is 0 Å². The highest BCUT2D eigenvalue weighted by atomic mass is 16.5. The monoisotopic (exact) mass is 296 g/mol. The number of hydrogen-bond donors (Lipinski definition) is 1. The lowest BCUT2D eigenvalue weighted by Gasteiger charge is -2.20. The average molecular weight is 296 g/mol. The summed E-state index contributed by atoms with van der Waals surface area (Å²) in [4.78, 5) is 14.1. The molecule has 0 aliphatic carbocycles. The number of hydrogen-bond acceptors (Lipinski definition) is 5. The molecule has 1 unspecified atom stereocenters. The van der Waals surface area contributed by atoms with Crippen LogP contribution in [0.4, 0.5) is 0 Å². The zero-order chi connectivity index (χ0) is 16.0. The first-order chi connectivity index (χ1) is 9.94. The maximum absolute atomic E-state index is 12.5. The third-order valence-corrected chi connectivity index (χ3v) is 3.20. The molecule has 1 rings (SSSR count). The molecule has 1 aromatic carbocycles. The van der Waals surface area contributed by atoms with E-state index in [9.17, 15) is 4.79 Å². The van der Waals surface area contributed by atoms with Crippen molar-refractivity contribution >= 4 is 5.91 Å². The molecule has 118 valence electrons. The highest BCUT2D eigenvalue weighted by molar-refractivity contribution is 5.97. The van der Waals surface area contributed by atoms with Crippen LogP contribution in [-0.2, 0) is 0 Å². The van der Waals surface area contributed by atoms with Gasteiger partial charge in [-0.3, -0.25) is 4.79 Å². The van der Waals surface area contributed by atoms with Crippen LogP contribution in [0, 0.1) is 0 Å². The van der Waals surface area contributed by atoms with Gasteiger partial charge in [0.1, 0.15) is 5.75 Å². The Morgan fingerprint density at radius 3 is 2.14 bits per heavy atom. The predicted molar refractivity (Wildman–Crippen MR) is 81.3 cm³/mol. The van der Waals surface area contributed by atoms with Crippen molar-refractivity contribution in [3.8, 4) is 17.2 Å². The molecule has 0 radical (unpaired) electrons. The SMILES string of the molecule is COc1cc(OC)c(C(=O)N(C)CCC(C)N)cc1OC. The number of carbonyl (C=O) groups excluding carboxylic acids is 1. The standard InChI is InChI=1S/C15H24N2O4/c1-10(16)6-7-17(2)15(18)11-8-13(20-4)14(21-5)9-12(11)19-3/h8-10H,6-7,16H2,1-5H3. The maximum atomic E-state index is 12.5. The third kappa shape index (κ3) is 4.26. The Labute approximate surface area is 125 Å². The van der Waals surface area contributed by atoms with Crippen LogP contribution in [0.3, 0.4) is 0 Å². The normalized spacial score (nSPS) is 11.7. The summed E-state index contributed by atoms with van der Waals surface area (Å²) < 4.78 is 15.7. The first-order valence-electron chi connectivity index (χ1n) is 6.75. The molecule has 1 aromatic rings. The molecule has 6 heteroatoms. The maximum Gasteiger partial charge on any atom is 0.257 e. The van der Waals surface area contributed by atoms with Gasteiger partial charge in [-0.05, 0) is 13.3 Å². The van der Waals surface area contributed by atoms with Crippen molar-refractivity contribution in [2.75, 3.05) is 34.9 Å². The Morgan fingerprint density at radius 1 is 1.14 bits per heavy atom. The van der Waals surface area contributed by atoms with Crippen molar-refractivity contribution in [2.45, 2.75) is 19.4 Å². The number of methoxy groups -OCH3 is 3. The Hall–Kier alpha value is -1.95. The molecule has 0 saturated heterocycles. The molecule has 0 aliphatic heterocycles. The van der Waals surface area contributed by atoms with Gasteiger partial charge in [0.25, 0.3) is 5.91 Å². The van der Waals surface area contributed by atoms with Gasteiger partial charge in [-0.25, -0.2) is 0 Å². The van der Waals surface area contributed by atoms with Crippen LogP contribution in [0.5, 0.6) is 17.2 Å². The molecule has 1 atom stereocenters. The summed E-state index contributed by atoms with van der Waals surface area (Å²) in [6.07, 6.45) is 0.734. The summed E-state index contributed by atoms with van der Waals surface area (Å²) in [5.74, 6) is 1.31. The Kier molecular flexibility index (Phi) is 6.30. The molecule has 1 amide bonds. The van der Waals surface area contributed by atoms with Crippen molar-refractivity contribution in [1.29, 1.82) is 0 Å². The van der Waals surface area contributed by atoms with E-state index in [1.54, 1.807) is 24.1 Å². The van der Waals surface area contributed by atoms with Gasteiger partial charge in [0.2, 0.25) is 0 Å². The molecule has 0 spiro atoms. The van der Waals surface area contributed by atoms with E-state index in [-0.39, 0.29) is 11.9 Å². The molecule has 0 saturated carbocycles. The van der Waals surface area contributed by atoms with Crippen LogP contribution >= 0.6 is 0 Å². The second kappa shape index (κ2) is 7.73. The molecule has 21 heavy (non-hydrogen) atoms. The van der Waals surface area contributed by atoms with Crippen LogP contribution in [0.1, 0.15) is 23.7 Å². The van der Waals surface area contributed by atoms with Crippen LogP contribution < -0.4 is 19.9 Å². The number of ether oxygens (including phenoxy) is 3. The predicted octanol–water partition coefficient (Wildman–Crippen LogP) is 1.52. The van der Waals surface area contributed by atoms with Gasteiger partial charge in [-0.1, -0.05) is 0 Å². The largest absolute Gasteiger partial charge is 0.496 e. The molecule has 0 fully saturated rings. The summed E-state index contributed by atoms with van der Waals surface area (Å²) in [6, 6.07) is 3.32. The second-order valence-corrected chi connectivity index (χ2v) is 4.90. The smallest absolute Gasteiger partial charge is 0.257 e. The van der Waals surface area contributed by atoms with Crippen molar-refractivity contribution in [3.63, 3.8) is 0 Å². The minimum atomic E-state index is -0.145. The molecular formula is C15H24N2O4. The molecule has 0 aliphatic rings. The number of rotatable bonds is 7. The van der Waals surface area contributed by atoms with Gasteiger partial charge in [0, 0.05) is 31.8 Å². The number of nitrogens with zero attached hydrogens (tertiary/aromatic N) is 1. The van der Waals surface area contributed by atoms with Gasteiger partial charge in [0.15, 0.2) is 11.5 Å². The first kappa shape index (κ1) is 17.1. The topological polar surface area (TPSA) is 74.0 Å². The minimum absolute atomic E-state index is 0.0487. The Bertz CT molecular complexity index is 489. The first-order valence-corrected chi connectivity index (χ1v) is 6.75. The average Bonchev–Trinajstić information content (AvgIpc) is 2.50. The number of carbonyl (C=O) groups is 1. The lowest BCUT2D eigenvalue weighted by Crippen LogP contribution is -2.31. The highest BCUT2D eigenvalue weighted by Crippen LogP contribution is 2.35. The molecule has 2 N–H and O–H groups in total. The van der Waals surface area contributed by atoms with E-state index >= 15 is 0 Å². The Morgan fingerprint density at radius 2 is 1.67 bits per heavy atom. The van der Waals surface area contributed by atoms with Crippen LogP contribution in [0.2, 0.25) is 0 Å². The van der Waals surface area contributed by atoms with E-state index in [0.717, 1.165) is 6.42 Å². The van der Waals surface area contributed by atoms with E-state index in [2.05, 4.69) is 0 Å². The molecular weight excluding hydrogens is 272 g/mol. The fraction of sp³-hybridized carbons (Fsp3) is 0.533. The van der Waals surface area contributed by atoms with Crippen LogP contribution in [-0.4, -0.2) is 51.8 Å². The molecule has 0 heterocycles. The molecule has 0 aromatic heterocycles. The molecule has 0 bridgehead atoms. The van der Waals surface area contributed by atoms with Crippen molar-refractivity contribution < 1.29 is 19.0 Å². The lowest BCUT2D eigenvalue weighted by molar-refractivity contribution is 0.0788. The zero-order valence-corrected chi connectivity index (χ0v) is 13.3. The molecule has 6 nitrogen and oxygen atoms in total. The van der Waals surface area contributed by atoms with E-state index in [0.29, 0.717) is 29.4 Å². The lowest BCUT2D eigenvalue weighted by atomic mass is 10.1. The zero-order valence-electron chi connectivity index (χ0n) is 13.3. The van der Waals surface area contributed by atoms with E-state index in [1.165, 1.54) is 21.3 Å². The van der Waals surface area contributed by atoms with Gasteiger partial charge in [-0.2, -0.15) is 0 Å².